The Balaban J connectivity index is 1.85. The maximum absolute atomic E-state index is 12.1. The molecule has 1 aliphatic heterocycles. The molecule has 7 heteroatoms. The first-order valence-electron chi connectivity index (χ1n) is 7.45. The Morgan fingerprint density at radius 1 is 1.27 bits per heavy atom. The molecule has 2 heterocycles. The highest BCUT2D eigenvalue weighted by molar-refractivity contribution is 8.00. The van der Waals surface area contributed by atoms with E-state index in [9.17, 15) is 4.79 Å². The predicted molar refractivity (Wildman–Crippen MR) is 85.1 cm³/mol. The minimum absolute atomic E-state index is 0.0807. The molecule has 22 heavy (non-hydrogen) atoms. The van der Waals surface area contributed by atoms with Crippen LogP contribution in [-0.4, -0.2) is 37.9 Å². The van der Waals surface area contributed by atoms with Crippen molar-refractivity contribution in [3.8, 4) is 5.69 Å². The van der Waals surface area contributed by atoms with Crippen LogP contribution in [0, 0.1) is 13.8 Å². The minimum atomic E-state index is -0.126. The number of nitrogens with one attached hydrogen (secondary N) is 1. The molecule has 1 unspecified atom stereocenters. The molecule has 1 aromatic heterocycles. The molecular formula is C15H19N5OS. The molecule has 1 aromatic carbocycles. The topological polar surface area (TPSA) is 72.7 Å². The fraction of sp³-hybridized carbons (Fsp3) is 0.467. The van der Waals surface area contributed by atoms with E-state index >= 15 is 0 Å². The number of carbonyl (C=O) groups is 1. The normalized spacial score (nSPS) is 18.8. The number of thioether (sulfide) groups is 1. The molecule has 0 bridgehead atoms. The predicted octanol–water partition coefficient (Wildman–Crippen LogP) is 2.04. The zero-order valence-electron chi connectivity index (χ0n) is 12.7. The Morgan fingerprint density at radius 2 is 2.14 bits per heavy atom. The third kappa shape index (κ3) is 3.14. The average molecular weight is 317 g/mol. The van der Waals surface area contributed by atoms with Crippen LogP contribution in [0.15, 0.2) is 23.4 Å². The van der Waals surface area contributed by atoms with Crippen molar-refractivity contribution in [2.24, 2.45) is 0 Å². The Morgan fingerprint density at radius 3 is 2.95 bits per heavy atom. The van der Waals surface area contributed by atoms with Crippen molar-refractivity contribution in [1.82, 2.24) is 25.5 Å². The molecular weight excluding hydrogens is 298 g/mol. The van der Waals surface area contributed by atoms with Crippen molar-refractivity contribution in [3.05, 3.63) is 29.3 Å². The van der Waals surface area contributed by atoms with E-state index in [2.05, 4.69) is 46.8 Å². The molecule has 3 rings (SSSR count). The first-order chi connectivity index (χ1) is 10.6. The summed E-state index contributed by atoms with van der Waals surface area (Å²) in [6.45, 7) is 4.90. The number of amides is 1. The zero-order chi connectivity index (χ0) is 15.5. The van der Waals surface area contributed by atoms with Crippen LogP contribution in [-0.2, 0) is 4.79 Å². The highest BCUT2D eigenvalue weighted by Crippen LogP contribution is 2.28. The highest BCUT2D eigenvalue weighted by atomic mass is 32.2. The molecule has 1 N–H and O–H groups in total. The second-order valence-electron chi connectivity index (χ2n) is 5.54. The van der Waals surface area contributed by atoms with Gasteiger partial charge in [-0.25, -0.2) is 0 Å². The van der Waals surface area contributed by atoms with E-state index in [1.54, 1.807) is 4.68 Å². The summed E-state index contributed by atoms with van der Waals surface area (Å²) in [6, 6.07) is 6.11. The maximum atomic E-state index is 12.1. The van der Waals surface area contributed by atoms with E-state index in [4.69, 9.17) is 0 Å². The number of carbonyl (C=O) groups excluding carboxylic acids is 1. The number of aromatic nitrogens is 4. The lowest BCUT2D eigenvalue weighted by Gasteiger charge is -2.12. The van der Waals surface area contributed by atoms with Crippen LogP contribution >= 0.6 is 11.8 Å². The van der Waals surface area contributed by atoms with Crippen molar-refractivity contribution in [2.45, 2.75) is 43.5 Å². The first-order valence-corrected chi connectivity index (χ1v) is 8.33. The van der Waals surface area contributed by atoms with Crippen molar-refractivity contribution in [1.29, 1.82) is 0 Å². The second-order valence-corrected chi connectivity index (χ2v) is 6.71. The number of hydrogen-bond acceptors (Lipinski definition) is 5. The Labute approximate surface area is 133 Å². The first kappa shape index (κ1) is 15.0. The number of hydrogen-bond donors (Lipinski definition) is 1. The lowest BCUT2D eigenvalue weighted by molar-refractivity contribution is -0.120. The molecule has 0 saturated carbocycles. The summed E-state index contributed by atoms with van der Waals surface area (Å²) in [7, 11) is 0. The van der Waals surface area contributed by atoms with Gasteiger partial charge in [-0.3, -0.25) is 4.79 Å². The van der Waals surface area contributed by atoms with E-state index < -0.39 is 0 Å². The molecule has 1 amide bonds. The minimum Gasteiger partial charge on any atom is -0.355 e. The molecule has 2 aromatic rings. The van der Waals surface area contributed by atoms with Crippen molar-refractivity contribution >= 4 is 17.7 Å². The number of tetrazole rings is 1. The van der Waals surface area contributed by atoms with Gasteiger partial charge in [-0.2, -0.15) is 4.68 Å². The van der Waals surface area contributed by atoms with Gasteiger partial charge in [-0.05, 0) is 60.4 Å². The number of nitrogens with zero attached hydrogens (tertiary/aromatic N) is 4. The van der Waals surface area contributed by atoms with Gasteiger partial charge in [0.2, 0.25) is 11.1 Å². The molecule has 0 aliphatic carbocycles. The van der Waals surface area contributed by atoms with E-state index in [-0.39, 0.29) is 11.2 Å². The quantitative estimate of drug-likeness (QED) is 0.938. The SMILES string of the molecule is Cc1ccc(-n2nnnc2SC2CCCCNC2=O)cc1C. The van der Waals surface area contributed by atoms with Gasteiger partial charge in [0.15, 0.2) is 0 Å². The zero-order valence-corrected chi connectivity index (χ0v) is 13.6. The van der Waals surface area contributed by atoms with Gasteiger partial charge in [-0.1, -0.05) is 24.2 Å². The van der Waals surface area contributed by atoms with Crippen LogP contribution in [0.2, 0.25) is 0 Å². The molecule has 116 valence electrons. The monoisotopic (exact) mass is 317 g/mol. The summed E-state index contributed by atoms with van der Waals surface area (Å²) < 4.78 is 1.70. The molecule has 1 aliphatic rings. The summed E-state index contributed by atoms with van der Waals surface area (Å²) in [5, 5.41) is 15.4. The summed E-state index contributed by atoms with van der Waals surface area (Å²) in [5.41, 5.74) is 3.34. The van der Waals surface area contributed by atoms with E-state index in [0.717, 1.165) is 31.5 Å². The largest absolute Gasteiger partial charge is 0.355 e. The number of benzene rings is 1. The van der Waals surface area contributed by atoms with Crippen LogP contribution in [0.4, 0.5) is 0 Å². The van der Waals surface area contributed by atoms with Crippen molar-refractivity contribution in [3.63, 3.8) is 0 Å². The lowest BCUT2D eigenvalue weighted by atomic mass is 10.1. The standard InChI is InChI=1S/C15H19N5OS/c1-10-6-7-12(9-11(10)2)20-15(17-18-19-20)22-13-5-3-4-8-16-14(13)21/h6-7,9,13H,3-5,8H2,1-2H3,(H,16,21). The van der Waals surface area contributed by atoms with Crippen molar-refractivity contribution in [2.75, 3.05) is 6.54 Å². The van der Waals surface area contributed by atoms with Gasteiger partial charge in [0.1, 0.15) is 0 Å². The lowest BCUT2D eigenvalue weighted by Crippen LogP contribution is -2.30. The fourth-order valence-corrected chi connectivity index (χ4v) is 3.48. The van der Waals surface area contributed by atoms with Gasteiger partial charge in [0, 0.05) is 6.54 Å². The number of aryl methyl sites for hydroxylation is 2. The summed E-state index contributed by atoms with van der Waals surface area (Å²) in [4.78, 5) is 12.1. The third-order valence-corrected chi connectivity index (χ3v) is 5.11. The van der Waals surface area contributed by atoms with E-state index in [0.29, 0.717) is 5.16 Å². The third-order valence-electron chi connectivity index (χ3n) is 3.91. The summed E-state index contributed by atoms with van der Waals surface area (Å²) >= 11 is 1.44. The summed E-state index contributed by atoms with van der Waals surface area (Å²) in [5.74, 6) is 0.0807. The Bertz CT molecular complexity index is 684. The van der Waals surface area contributed by atoms with Gasteiger partial charge in [-0.15, -0.1) is 5.10 Å². The molecule has 1 fully saturated rings. The molecule has 0 spiro atoms. The van der Waals surface area contributed by atoms with Gasteiger partial charge in [0.05, 0.1) is 10.9 Å². The molecule has 1 saturated heterocycles. The average Bonchev–Trinajstić information content (AvgIpc) is 2.87. The smallest absolute Gasteiger partial charge is 0.233 e. The Kier molecular flexibility index (Phi) is 4.42. The molecule has 0 radical (unpaired) electrons. The number of rotatable bonds is 3. The maximum Gasteiger partial charge on any atom is 0.233 e. The van der Waals surface area contributed by atoms with Gasteiger partial charge in [0.25, 0.3) is 0 Å². The van der Waals surface area contributed by atoms with E-state index in [1.165, 1.54) is 22.9 Å². The van der Waals surface area contributed by atoms with Crippen LogP contribution in [0.25, 0.3) is 5.69 Å². The molecule has 1 atom stereocenters. The van der Waals surface area contributed by atoms with Gasteiger partial charge >= 0.3 is 0 Å². The van der Waals surface area contributed by atoms with Gasteiger partial charge < -0.3 is 5.32 Å². The fourth-order valence-electron chi connectivity index (χ4n) is 2.42. The van der Waals surface area contributed by atoms with Crippen LogP contribution in [0.5, 0.6) is 0 Å². The van der Waals surface area contributed by atoms with Crippen LogP contribution in [0.3, 0.4) is 0 Å². The Hall–Kier alpha value is -1.89. The second kappa shape index (κ2) is 6.48. The van der Waals surface area contributed by atoms with Crippen LogP contribution < -0.4 is 5.32 Å². The summed E-state index contributed by atoms with van der Waals surface area (Å²) in [6.07, 6.45) is 2.93. The highest BCUT2D eigenvalue weighted by Gasteiger charge is 2.24. The van der Waals surface area contributed by atoms with E-state index in [1.807, 2.05) is 6.07 Å². The van der Waals surface area contributed by atoms with Crippen molar-refractivity contribution < 1.29 is 4.79 Å². The van der Waals surface area contributed by atoms with Crippen LogP contribution in [0.1, 0.15) is 30.4 Å². The molecule has 6 nitrogen and oxygen atoms in total.